The summed E-state index contributed by atoms with van der Waals surface area (Å²) in [6, 6.07) is 7.17. The molecule has 0 saturated carbocycles. The van der Waals surface area contributed by atoms with Crippen LogP contribution in [-0.2, 0) is 4.79 Å². The highest BCUT2D eigenvalue weighted by molar-refractivity contribution is 9.10. The average Bonchev–Trinajstić information content (AvgIpc) is 2.58. The van der Waals surface area contributed by atoms with Gasteiger partial charge >= 0.3 is 0 Å². The number of guanidine groups is 1. The fourth-order valence-corrected chi connectivity index (χ4v) is 1.96. The Hall–Kier alpha value is -1.36. The number of aliphatic imine (C=N–C) groups is 1. The number of carbonyl (C=O) groups is 1. The van der Waals surface area contributed by atoms with E-state index in [1.807, 2.05) is 45.0 Å². The zero-order valence-corrected chi connectivity index (χ0v) is 12.2. The van der Waals surface area contributed by atoms with Crippen LogP contribution in [0, 0.1) is 0 Å². The molecule has 0 saturated heterocycles. The summed E-state index contributed by atoms with van der Waals surface area (Å²) in [5.41, 5.74) is 0.766. The van der Waals surface area contributed by atoms with Crippen molar-refractivity contribution in [1.82, 2.24) is 10.6 Å². The van der Waals surface area contributed by atoms with E-state index < -0.39 is 6.04 Å². The molecule has 2 rings (SSSR count). The van der Waals surface area contributed by atoms with Gasteiger partial charge in [-0.15, -0.1) is 0 Å². The second-order valence-corrected chi connectivity index (χ2v) is 6.21. The number of hydrogen-bond donors (Lipinski definition) is 2. The Morgan fingerprint density at radius 3 is 2.44 bits per heavy atom. The fraction of sp³-hybridized carbons (Fsp3) is 0.385. The third kappa shape index (κ3) is 3.10. The van der Waals surface area contributed by atoms with Gasteiger partial charge in [0.2, 0.25) is 0 Å². The number of amides is 1. The zero-order chi connectivity index (χ0) is 13.3. The van der Waals surface area contributed by atoms with Gasteiger partial charge in [-0.3, -0.25) is 10.1 Å². The van der Waals surface area contributed by atoms with Crippen molar-refractivity contribution in [2.45, 2.75) is 32.4 Å². The Bertz CT molecular complexity index is 488. The van der Waals surface area contributed by atoms with Crippen molar-refractivity contribution in [3.8, 4) is 0 Å². The van der Waals surface area contributed by atoms with Crippen LogP contribution in [0.4, 0.5) is 0 Å². The number of hydrogen-bond acceptors (Lipinski definition) is 3. The lowest BCUT2D eigenvalue weighted by Gasteiger charge is -2.21. The maximum atomic E-state index is 11.9. The molecule has 0 fully saturated rings. The number of rotatable bonds is 1. The molecule has 1 amide bonds. The molecule has 1 atom stereocenters. The van der Waals surface area contributed by atoms with Gasteiger partial charge in [-0.1, -0.05) is 28.1 Å². The highest BCUT2D eigenvalue weighted by Gasteiger charge is 2.29. The SMILES string of the molecule is CC(C)(C)NC1=NC(c2ccc(Br)cc2)C(=O)N1. The summed E-state index contributed by atoms with van der Waals surface area (Å²) < 4.78 is 0.988. The molecule has 0 aromatic heterocycles. The fourth-order valence-electron chi connectivity index (χ4n) is 1.69. The predicted molar refractivity (Wildman–Crippen MR) is 75.3 cm³/mol. The molecule has 5 heteroatoms. The summed E-state index contributed by atoms with van der Waals surface area (Å²) in [7, 11) is 0. The Morgan fingerprint density at radius 2 is 1.89 bits per heavy atom. The Balaban J connectivity index is 2.19. The summed E-state index contributed by atoms with van der Waals surface area (Å²) in [4.78, 5) is 16.3. The summed E-state index contributed by atoms with van der Waals surface area (Å²) in [5, 5.41) is 5.93. The minimum absolute atomic E-state index is 0.0935. The molecule has 0 radical (unpaired) electrons. The molecular weight excluding hydrogens is 294 g/mol. The molecule has 1 aromatic rings. The summed E-state index contributed by atoms with van der Waals surface area (Å²) in [5.74, 6) is 0.449. The largest absolute Gasteiger partial charge is 0.351 e. The lowest BCUT2D eigenvalue weighted by atomic mass is 10.1. The van der Waals surface area contributed by atoms with Gasteiger partial charge in [-0.25, -0.2) is 4.99 Å². The third-order valence-corrected chi connectivity index (χ3v) is 2.96. The number of halogens is 1. The Morgan fingerprint density at radius 1 is 1.28 bits per heavy atom. The summed E-state index contributed by atoms with van der Waals surface area (Å²) in [6.07, 6.45) is 0. The number of nitrogens with zero attached hydrogens (tertiary/aromatic N) is 1. The molecule has 1 unspecified atom stereocenters. The first-order chi connectivity index (χ1) is 8.35. The second kappa shape index (κ2) is 4.72. The van der Waals surface area contributed by atoms with Crippen molar-refractivity contribution in [2.24, 2.45) is 4.99 Å². The maximum Gasteiger partial charge on any atom is 0.256 e. The molecular formula is C13H16BrN3O. The van der Waals surface area contributed by atoms with Crippen LogP contribution in [0.3, 0.4) is 0 Å². The van der Waals surface area contributed by atoms with Crippen LogP contribution < -0.4 is 10.6 Å². The van der Waals surface area contributed by atoms with Crippen LogP contribution >= 0.6 is 15.9 Å². The van der Waals surface area contributed by atoms with Crippen LogP contribution in [0.1, 0.15) is 32.4 Å². The van der Waals surface area contributed by atoms with Crippen molar-refractivity contribution < 1.29 is 4.79 Å². The van der Waals surface area contributed by atoms with Gasteiger partial charge in [-0.2, -0.15) is 0 Å². The van der Waals surface area contributed by atoms with Crippen molar-refractivity contribution in [3.05, 3.63) is 34.3 Å². The quantitative estimate of drug-likeness (QED) is 0.837. The third-order valence-electron chi connectivity index (χ3n) is 2.43. The van der Waals surface area contributed by atoms with E-state index in [1.165, 1.54) is 0 Å². The van der Waals surface area contributed by atoms with E-state index in [2.05, 4.69) is 31.6 Å². The highest BCUT2D eigenvalue weighted by atomic mass is 79.9. The minimum Gasteiger partial charge on any atom is -0.351 e. The number of benzene rings is 1. The standard InChI is InChI=1S/C13H16BrN3O/c1-13(2,3)17-12-15-10(11(18)16-12)8-4-6-9(14)7-5-8/h4-7,10H,1-3H3,(H2,15,16,17,18). The van der Waals surface area contributed by atoms with Crippen molar-refractivity contribution in [2.75, 3.05) is 0 Å². The Labute approximate surface area is 115 Å². The zero-order valence-electron chi connectivity index (χ0n) is 10.6. The molecule has 18 heavy (non-hydrogen) atoms. The molecule has 2 N–H and O–H groups in total. The number of nitrogens with one attached hydrogen (secondary N) is 2. The normalized spacial score (nSPS) is 19.4. The summed E-state index contributed by atoms with van der Waals surface area (Å²) >= 11 is 3.37. The summed E-state index contributed by atoms with van der Waals surface area (Å²) in [6.45, 7) is 6.07. The van der Waals surface area contributed by atoms with Gasteiger partial charge in [0.05, 0.1) is 0 Å². The number of carbonyl (C=O) groups excluding carboxylic acids is 1. The molecule has 1 heterocycles. The van der Waals surface area contributed by atoms with Crippen LogP contribution in [0.5, 0.6) is 0 Å². The molecule has 1 aromatic carbocycles. The second-order valence-electron chi connectivity index (χ2n) is 5.30. The minimum atomic E-state index is -0.456. The molecule has 0 spiro atoms. The van der Waals surface area contributed by atoms with Crippen LogP contribution in [0.15, 0.2) is 33.7 Å². The lowest BCUT2D eigenvalue weighted by Crippen LogP contribution is -2.46. The van der Waals surface area contributed by atoms with E-state index in [0.29, 0.717) is 5.96 Å². The molecule has 1 aliphatic rings. The molecule has 96 valence electrons. The van der Waals surface area contributed by atoms with Crippen LogP contribution in [0.25, 0.3) is 0 Å². The van der Waals surface area contributed by atoms with Crippen LogP contribution in [-0.4, -0.2) is 17.4 Å². The molecule has 0 bridgehead atoms. The van der Waals surface area contributed by atoms with E-state index in [1.54, 1.807) is 0 Å². The van der Waals surface area contributed by atoms with Gasteiger partial charge in [-0.05, 0) is 38.5 Å². The smallest absolute Gasteiger partial charge is 0.256 e. The van der Waals surface area contributed by atoms with Gasteiger partial charge in [0, 0.05) is 10.0 Å². The first-order valence-corrected chi connectivity index (χ1v) is 6.57. The van der Waals surface area contributed by atoms with E-state index in [0.717, 1.165) is 10.0 Å². The van der Waals surface area contributed by atoms with Crippen molar-refractivity contribution in [3.63, 3.8) is 0 Å². The van der Waals surface area contributed by atoms with Gasteiger partial charge in [0.15, 0.2) is 12.0 Å². The highest BCUT2D eigenvalue weighted by Crippen LogP contribution is 2.23. The molecule has 0 aliphatic carbocycles. The first kappa shape index (κ1) is 13.1. The lowest BCUT2D eigenvalue weighted by molar-refractivity contribution is -0.120. The van der Waals surface area contributed by atoms with E-state index in [4.69, 9.17) is 0 Å². The van der Waals surface area contributed by atoms with Crippen molar-refractivity contribution >= 4 is 27.8 Å². The Kier molecular flexibility index (Phi) is 3.43. The maximum absolute atomic E-state index is 11.9. The topological polar surface area (TPSA) is 53.5 Å². The van der Waals surface area contributed by atoms with Crippen molar-refractivity contribution in [1.29, 1.82) is 0 Å². The van der Waals surface area contributed by atoms with Gasteiger partial charge in [0.25, 0.3) is 5.91 Å². The van der Waals surface area contributed by atoms with Gasteiger partial charge < -0.3 is 5.32 Å². The van der Waals surface area contributed by atoms with E-state index in [9.17, 15) is 4.79 Å². The molecule has 1 aliphatic heterocycles. The molecule has 4 nitrogen and oxygen atoms in total. The van der Waals surface area contributed by atoms with E-state index in [-0.39, 0.29) is 11.4 Å². The van der Waals surface area contributed by atoms with E-state index >= 15 is 0 Å². The predicted octanol–water partition coefficient (Wildman–Crippen LogP) is 2.36. The van der Waals surface area contributed by atoms with Gasteiger partial charge in [0.1, 0.15) is 0 Å². The van der Waals surface area contributed by atoms with Crippen LogP contribution in [0.2, 0.25) is 0 Å². The first-order valence-electron chi connectivity index (χ1n) is 5.77. The average molecular weight is 310 g/mol. The monoisotopic (exact) mass is 309 g/mol.